The van der Waals surface area contributed by atoms with E-state index in [0.29, 0.717) is 0 Å². The summed E-state index contributed by atoms with van der Waals surface area (Å²) in [5.74, 6) is 0. The highest BCUT2D eigenvalue weighted by Crippen LogP contribution is 2.17. The fourth-order valence-electron chi connectivity index (χ4n) is 2.63. The summed E-state index contributed by atoms with van der Waals surface area (Å²) in [5, 5.41) is 7.57. The van der Waals surface area contributed by atoms with Crippen LogP contribution < -0.4 is 0 Å². The molecule has 1 saturated heterocycles. The summed E-state index contributed by atoms with van der Waals surface area (Å²) in [6.07, 6.45) is 3.96. The number of aromatic nitrogens is 1. The number of halogens is 1. The summed E-state index contributed by atoms with van der Waals surface area (Å²) in [7, 11) is 2.03. The average Bonchev–Trinajstić information content (AvgIpc) is 2.94. The van der Waals surface area contributed by atoms with E-state index < -0.39 is 0 Å². The summed E-state index contributed by atoms with van der Waals surface area (Å²) < 4.78 is 2.07. The number of piperazine rings is 1. The average molecular weight is 317 g/mol. The van der Waals surface area contributed by atoms with Crippen molar-refractivity contribution in [2.24, 2.45) is 12.1 Å². The lowest BCUT2D eigenvalue weighted by molar-refractivity contribution is 0.131. The first-order chi connectivity index (χ1) is 10.7. The number of hydrazone groups is 1. The molecule has 0 amide bonds. The first-order valence-corrected chi connectivity index (χ1v) is 7.96. The lowest BCUT2D eigenvalue weighted by Crippen LogP contribution is -2.43. The van der Waals surface area contributed by atoms with Crippen molar-refractivity contribution in [1.29, 1.82) is 0 Å². The van der Waals surface area contributed by atoms with Crippen LogP contribution in [0.1, 0.15) is 11.3 Å². The Morgan fingerprint density at radius 2 is 1.86 bits per heavy atom. The lowest BCUT2D eigenvalue weighted by Gasteiger charge is -2.33. The second-order valence-corrected chi connectivity index (χ2v) is 6.02. The maximum absolute atomic E-state index is 6.23. The standard InChI is InChI=1S/C17H21ClN4/c1-20-8-4-6-16(20)13-19-22-11-9-21(10-12-22)14-15-5-2-3-7-17(15)18/h2-8,13H,9-12,14H2,1H3. The molecule has 0 N–H and O–H groups in total. The van der Waals surface area contributed by atoms with Gasteiger partial charge in [-0.05, 0) is 23.8 Å². The molecule has 0 aliphatic carbocycles. The van der Waals surface area contributed by atoms with E-state index in [9.17, 15) is 0 Å². The first-order valence-electron chi connectivity index (χ1n) is 7.58. The Morgan fingerprint density at radius 3 is 2.55 bits per heavy atom. The van der Waals surface area contributed by atoms with Gasteiger partial charge in [-0.2, -0.15) is 5.10 Å². The number of hydrogen-bond acceptors (Lipinski definition) is 3. The van der Waals surface area contributed by atoms with Gasteiger partial charge in [0.1, 0.15) is 0 Å². The minimum absolute atomic E-state index is 0.853. The Bertz CT molecular complexity index is 642. The van der Waals surface area contributed by atoms with E-state index in [1.54, 1.807) is 0 Å². The number of nitrogens with zero attached hydrogens (tertiary/aromatic N) is 4. The van der Waals surface area contributed by atoms with Gasteiger partial charge in [-0.1, -0.05) is 29.8 Å². The molecule has 0 saturated carbocycles. The summed E-state index contributed by atoms with van der Waals surface area (Å²) in [4.78, 5) is 2.43. The van der Waals surface area contributed by atoms with E-state index in [1.165, 1.54) is 5.56 Å². The molecule has 1 fully saturated rings. The largest absolute Gasteiger partial charge is 0.350 e. The SMILES string of the molecule is Cn1cccc1C=NN1CCN(Cc2ccccc2Cl)CC1. The molecular weight excluding hydrogens is 296 g/mol. The number of hydrogen-bond donors (Lipinski definition) is 0. The normalized spacial score (nSPS) is 16.5. The Hall–Kier alpha value is -1.78. The summed E-state index contributed by atoms with van der Waals surface area (Å²) in [6.45, 7) is 4.83. The van der Waals surface area contributed by atoms with Crippen molar-refractivity contribution in [2.75, 3.05) is 26.2 Å². The Kier molecular flexibility index (Phi) is 4.80. The zero-order chi connectivity index (χ0) is 15.4. The van der Waals surface area contributed by atoms with E-state index in [1.807, 2.05) is 43.7 Å². The van der Waals surface area contributed by atoms with Gasteiger partial charge in [-0.3, -0.25) is 9.91 Å². The summed E-state index contributed by atoms with van der Waals surface area (Å²) in [5.41, 5.74) is 2.32. The number of benzene rings is 1. The first kappa shape index (κ1) is 15.1. The highest BCUT2D eigenvalue weighted by atomic mass is 35.5. The van der Waals surface area contributed by atoms with E-state index in [2.05, 4.69) is 31.7 Å². The van der Waals surface area contributed by atoms with Crippen molar-refractivity contribution in [2.45, 2.75) is 6.54 Å². The Balaban J connectivity index is 1.51. The molecule has 1 aliphatic rings. The van der Waals surface area contributed by atoms with E-state index in [-0.39, 0.29) is 0 Å². The van der Waals surface area contributed by atoms with Crippen molar-refractivity contribution in [3.63, 3.8) is 0 Å². The van der Waals surface area contributed by atoms with Gasteiger partial charge in [-0.15, -0.1) is 0 Å². The second kappa shape index (κ2) is 6.99. The molecule has 2 heterocycles. The molecule has 0 spiro atoms. The van der Waals surface area contributed by atoms with Crippen LogP contribution in [0, 0.1) is 0 Å². The smallest absolute Gasteiger partial charge is 0.0707 e. The quantitative estimate of drug-likeness (QED) is 0.810. The molecule has 4 nitrogen and oxygen atoms in total. The van der Waals surface area contributed by atoms with Gasteiger partial charge in [0.25, 0.3) is 0 Å². The topological polar surface area (TPSA) is 23.8 Å². The fourth-order valence-corrected chi connectivity index (χ4v) is 2.82. The molecule has 116 valence electrons. The highest BCUT2D eigenvalue weighted by molar-refractivity contribution is 6.31. The van der Waals surface area contributed by atoms with Gasteiger partial charge in [0.05, 0.1) is 11.9 Å². The van der Waals surface area contributed by atoms with Crippen molar-refractivity contribution in [1.82, 2.24) is 14.5 Å². The van der Waals surface area contributed by atoms with Crippen LogP contribution in [0.4, 0.5) is 0 Å². The van der Waals surface area contributed by atoms with Gasteiger partial charge >= 0.3 is 0 Å². The van der Waals surface area contributed by atoms with Gasteiger partial charge in [0.2, 0.25) is 0 Å². The highest BCUT2D eigenvalue weighted by Gasteiger charge is 2.16. The van der Waals surface area contributed by atoms with Crippen molar-refractivity contribution < 1.29 is 0 Å². The predicted octanol–water partition coefficient (Wildman–Crippen LogP) is 2.83. The minimum atomic E-state index is 0.853. The monoisotopic (exact) mass is 316 g/mol. The van der Waals surface area contributed by atoms with Crippen LogP contribution in [0.15, 0.2) is 47.7 Å². The molecule has 2 aromatic rings. The zero-order valence-electron chi connectivity index (χ0n) is 12.8. The van der Waals surface area contributed by atoms with Crippen LogP contribution in [0.3, 0.4) is 0 Å². The van der Waals surface area contributed by atoms with Gasteiger partial charge in [-0.25, -0.2) is 0 Å². The van der Waals surface area contributed by atoms with Crippen LogP contribution >= 0.6 is 11.6 Å². The van der Waals surface area contributed by atoms with E-state index in [0.717, 1.165) is 43.4 Å². The van der Waals surface area contributed by atoms with E-state index in [4.69, 9.17) is 11.6 Å². The third-order valence-corrected chi connectivity index (χ3v) is 4.41. The fraction of sp³-hybridized carbons (Fsp3) is 0.353. The molecule has 0 bridgehead atoms. The molecule has 3 rings (SSSR count). The summed E-state index contributed by atoms with van der Waals surface area (Å²) >= 11 is 6.23. The molecule has 0 radical (unpaired) electrons. The van der Waals surface area contributed by atoms with Gasteiger partial charge in [0, 0.05) is 51.0 Å². The zero-order valence-corrected chi connectivity index (χ0v) is 13.6. The number of aryl methyl sites for hydroxylation is 1. The lowest BCUT2D eigenvalue weighted by atomic mass is 10.2. The Morgan fingerprint density at radius 1 is 1.09 bits per heavy atom. The van der Waals surface area contributed by atoms with Crippen LogP contribution in [0.5, 0.6) is 0 Å². The van der Waals surface area contributed by atoms with Gasteiger partial charge in [0.15, 0.2) is 0 Å². The molecule has 22 heavy (non-hydrogen) atoms. The molecule has 1 aromatic carbocycles. The molecule has 1 aromatic heterocycles. The van der Waals surface area contributed by atoms with Crippen molar-refractivity contribution >= 4 is 17.8 Å². The van der Waals surface area contributed by atoms with Crippen LogP contribution in [0.2, 0.25) is 5.02 Å². The maximum Gasteiger partial charge on any atom is 0.0707 e. The van der Waals surface area contributed by atoms with E-state index >= 15 is 0 Å². The molecule has 1 aliphatic heterocycles. The predicted molar refractivity (Wildman–Crippen MR) is 91.3 cm³/mol. The van der Waals surface area contributed by atoms with Crippen LogP contribution in [-0.4, -0.2) is 46.9 Å². The second-order valence-electron chi connectivity index (χ2n) is 5.61. The summed E-state index contributed by atoms with van der Waals surface area (Å²) in [6, 6.07) is 12.2. The van der Waals surface area contributed by atoms with Crippen LogP contribution in [-0.2, 0) is 13.6 Å². The molecule has 0 atom stereocenters. The van der Waals surface area contributed by atoms with Crippen molar-refractivity contribution in [3.8, 4) is 0 Å². The molecule has 5 heteroatoms. The third-order valence-electron chi connectivity index (χ3n) is 4.04. The maximum atomic E-state index is 6.23. The third kappa shape index (κ3) is 3.70. The minimum Gasteiger partial charge on any atom is -0.350 e. The Labute approximate surface area is 136 Å². The van der Waals surface area contributed by atoms with Crippen molar-refractivity contribution in [3.05, 3.63) is 58.9 Å². The van der Waals surface area contributed by atoms with Crippen LogP contribution in [0.25, 0.3) is 0 Å². The number of rotatable bonds is 4. The van der Waals surface area contributed by atoms with Gasteiger partial charge < -0.3 is 4.57 Å². The molecular formula is C17H21ClN4. The molecule has 0 unspecified atom stereocenters.